The maximum atomic E-state index is 11.8. The lowest BCUT2D eigenvalue weighted by atomic mass is 10.2. The molecule has 5 heteroatoms. The van der Waals surface area contributed by atoms with Crippen LogP contribution in [0.2, 0.25) is 0 Å². The highest BCUT2D eigenvalue weighted by atomic mass is 127. The molecule has 98 valence electrons. The normalized spacial score (nSPS) is 14.5. The SMILES string of the molecule is O=C(NCCCNC1CC1)c1cc(I)ccc1O. The van der Waals surface area contributed by atoms with E-state index in [9.17, 15) is 9.90 Å². The van der Waals surface area contributed by atoms with Crippen molar-refractivity contribution in [2.45, 2.75) is 25.3 Å². The van der Waals surface area contributed by atoms with Crippen molar-refractivity contribution in [1.82, 2.24) is 10.6 Å². The molecule has 18 heavy (non-hydrogen) atoms. The van der Waals surface area contributed by atoms with Gasteiger partial charge in [-0.2, -0.15) is 0 Å². The zero-order chi connectivity index (χ0) is 13.0. The third-order valence-electron chi connectivity index (χ3n) is 2.85. The summed E-state index contributed by atoms with van der Waals surface area (Å²) in [5.74, 6) is -0.179. The van der Waals surface area contributed by atoms with Gasteiger partial charge in [-0.15, -0.1) is 0 Å². The van der Waals surface area contributed by atoms with Crippen LogP contribution < -0.4 is 10.6 Å². The molecule has 0 bridgehead atoms. The largest absolute Gasteiger partial charge is 0.507 e. The number of carbonyl (C=O) groups is 1. The standard InChI is InChI=1S/C13H17IN2O2/c14-9-2-5-12(17)11(8-9)13(18)16-7-1-6-15-10-3-4-10/h2,5,8,10,15,17H,1,3-4,6-7H2,(H,16,18). The fourth-order valence-electron chi connectivity index (χ4n) is 1.67. The smallest absolute Gasteiger partial charge is 0.255 e. The van der Waals surface area contributed by atoms with Crippen LogP contribution >= 0.6 is 22.6 Å². The number of halogens is 1. The Labute approximate surface area is 120 Å². The van der Waals surface area contributed by atoms with Gasteiger partial charge >= 0.3 is 0 Å². The zero-order valence-corrected chi connectivity index (χ0v) is 12.2. The Hall–Kier alpha value is -0.820. The van der Waals surface area contributed by atoms with E-state index in [0.29, 0.717) is 18.2 Å². The van der Waals surface area contributed by atoms with Crippen molar-refractivity contribution in [3.63, 3.8) is 0 Å². The maximum absolute atomic E-state index is 11.8. The van der Waals surface area contributed by atoms with Gasteiger partial charge in [-0.25, -0.2) is 0 Å². The molecule has 1 saturated carbocycles. The molecule has 1 aromatic carbocycles. The highest BCUT2D eigenvalue weighted by Gasteiger charge is 2.19. The summed E-state index contributed by atoms with van der Waals surface area (Å²) in [6.07, 6.45) is 3.47. The van der Waals surface area contributed by atoms with Crippen molar-refractivity contribution in [2.24, 2.45) is 0 Å². The van der Waals surface area contributed by atoms with Crippen LogP contribution in [-0.2, 0) is 0 Å². The number of hydrogen-bond acceptors (Lipinski definition) is 3. The van der Waals surface area contributed by atoms with E-state index in [4.69, 9.17) is 0 Å². The molecule has 0 aromatic heterocycles. The van der Waals surface area contributed by atoms with Crippen LogP contribution in [0.3, 0.4) is 0 Å². The quantitative estimate of drug-likeness (QED) is 0.536. The predicted molar refractivity (Wildman–Crippen MR) is 78.8 cm³/mol. The molecule has 0 radical (unpaired) electrons. The molecular formula is C13H17IN2O2. The molecule has 1 amide bonds. The van der Waals surface area contributed by atoms with Crippen molar-refractivity contribution >= 4 is 28.5 Å². The topological polar surface area (TPSA) is 61.4 Å². The molecule has 1 aliphatic rings. The Morgan fingerprint density at radius 2 is 2.17 bits per heavy atom. The monoisotopic (exact) mass is 360 g/mol. The van der Waals surface area contributed by atoms with Crippen molar-refractivity contribution in [3.05, 3.63) is 27.3 Å². The molecule has 0 atom stereocenters. The number of rotatable bonds is 6. The third kappa shape index (κ3) is 4.13. The number of amides is 1. The number of hydrogen-bond donors (Lipinski definition) is 3. The van der Waals surface area contributed by atoms with Crippen molar-refractivity contribution in [1.29, 1.82) is 0 Å². The number of carbonyl (C=O) groups excluding carboxylic acids is 1. The van der Waals surface area contributed by atoms with Gasteiger partial charge < -0.3 is 15.7 Å². The van der Waals surface area contributed by atoms with E-state index in [1.807, 2.05) is 0 Å². The summed E-state index contributed by atoms with van der Waals surface area (Å²) in [6.45, 7) is 1.56. The van der Waals surface area contributed by atoms with Crippen molar-refractivity contribution < 1.29 is 9.90 Å². The molecule has 1 aliphatic carbocycles. The fourth-order valence-corrected chi connectivity index (χ4v) is 2.16. The highest BCUT2D eigenvalue weighted by molar-refractivity contribution is 14.1. The average Bonchev–Trinajstić information content (AvgIpc) is 3.15. The lowest BCUT2D eigenvalue weighted by molar-refractivity contribution is 0.0950. The van der Waals surface area contributed by atoms with Gasteiger partial charge in [0.2, 0.25) is 0 Å². The van der Waals surface area contributed by atoms with Gasteiger partial charge in [0, 0.05) is 16.2 Å². The molecular weight excluding hydrogens is 343 g/mol. The lowest BCUT2D eigenvalue weighted by Crippen LogP contribution is -2.28. The van der Waals surface area contributed by atoms with E-state index in [1.165, 1.54) is 12.8 Å². The summed E-state index contributed by atoms with van der Waals surface area (Å²) in [5.41, 5.74) is 0.344. The van der Waals surface area contributed by atoms with Crippen molar-refractivity contribution in [2.75, 3.05) is 13.1 Å². The molecule has 1 aromatic rings. The Kier molecular flexibility index (Phi) is 4.82. The number of benzene rings is 1. The lowest BCUT2D eigenvalue weighted by Gasteiger charge is -2.07. The minimum atomic E-state index is -0.211. The zero-order valence-electron chi connectivity index (χ0n) is 10.1. The van der Waals surface area contributed by atoms with Gasteiger partial charge in [0.1, 0.15) is 5.75 Å². The van der Waals surface area contributed by atoms with Crippen LogP contribution in [0, 0.1) is 3.57 Å². The summed E-state index contributed by atoms with van der Waals surface area (Å²) >= 11 is 2.12. The first-order valence-corrected chi connectivity index (χ1v) is 7.25. The summed E-state index contributed by atoms with van der Waals surface area (Å²) in [5, 5.41) is 15.8. The van der Waals surface area contributed by atoms with Crippen LogP contribution in [-0.4, -0.2) is 30.1 Å². The van der Waals surface area contributed by atoms with E-state index in [-0.39, 0.29) is 11.7 Å². The van der Waals surface area contributed by atoms with Crippen LogP contribution in [0.4, 0.5) is 0 Å². The van der Waals surface area contributed by atoms with Gasteiger partial charge in [0.05, 0.1) is 5.56 Å². The average molecular weight is 360 g/mol. The van der Waals surface area contributed by atoms with Gasteiger partial charge in [0.25, 0.3) is 5.91 Å². The van der Waals surface area contributed by atoms with Crippen LogP contribution in [0.15, 0.2) is 18.2 Å². The summed E-state index contributed by atoms with van der Waals surface area (Å²) < 4.78 is 0.936. The first kappa shape index (κ1) is 13.6. The van der Waals surface area contributed by atoms with Gasteiger partial charge in [-0.1, -0.05) is 0 Å². The van der Waals surface area contributed by atoms with Gasteiger partial charge in [-0.05, 0) is 66.6 Å². The molecule has 4 nitrogen and oxygen atoms in total. The second kappa shape index (κ2) is 6.38. The molecule has 1 fully saturated rings. The van der Waals surface area contributed by atoms with Gasteiger partial charge in [0.15, 0.2) is 0 Å². The number of nitrogens with one attached hydrogen (secondary N) is 2. The Morgan fingerprint density at radius 1 is 1.39 bits per heavy atom. The third-order valence-corrected chi connectivity index (χ3v) is 3.52. The molecule has 0 aliphatic heterocycles. The van der Waals surface area contributed by atoms with E-state index in [2.05, 4.69) is 33.2 Å². The first-order valence-electron chi connectivity index (χ1n) is 6.17. The Morgan fingerprint density at radius 3 is 2.89 bits per heavy atom. The Bertz CT molecular complexity index is 433. The summed E-state index contributed by atoms with van der Waals surface area (Å²) in [6, 6.07) is 5.71. The van der Waals surface area contributed by atoms with Crippen LogP contribution in [0.5, 0.6) is 5.75 Å². The molecule has 0 spiro atoms. The Balaban J connectivity index is 1.74. The summed E-state index contributed by atoms with van der Waals surface area (Å²) in [4.78, 5) is 11.8. The molecule has 0 heterocycles. The van der Waals surface area contributed by atoms with Gasteiger partial charge in [-0.3, -0.25) is 4.79 Å². The van der Waals surface area contributed by atoms with E-state index >= 15 is 0 Å². The number of phenols is 1. The number of aromatic hydroxyl groups is 1. The van der Waals surface area contributed by atoms with Crippen LogP contribution in [0.1, 0.15) is 29.6 Å². The molecule has 2 rings (SSSR count). The fraction of sp³-hybridized carbons (Fsp3) is 0.462. The minimum Gasteiger partial charge on any atom is -0.507 e. The maximum Gasteiger partial charge on any atom is 0.255 e. The van der Waals surface area contributed by atoms with Crippen molar-refractivity contribution in [3.8, 4) is 5.75 Å². The highest BCUT2D eigenvalue weighted by Crippen LogP contribution is 2.19. The second-order valence-corrected chi connectivity index (χ2v) is 5.74. The van der Waals surface area contributed by atoms with E-state index in [0.717, 1.165) is 16.5 Å². The summed E-state index contributed by atoms with van der Waals surface area (Å²) in [7, 11) is 0. The second-order valence-electron chi connectivity index (χ2n) is 4.50. The van der Waals surface area contributed by atoms with E-state index < -0.39 is 0 Å². The molecule has 3 N–H and O–H groups in total. The number of phenolic OH excluding ortho intramolecular Hbond substituents is 1. The molecule has 0 saturated heterocycles. The molecule has 0 unspecified atom stereocenters. The first-order chi connectivity index (χ1) is 8.66. The van der Waals surface area contributed by atoms with Crippen LogP contribution in [0.25, 0.3) is 0 Å². The minimum absolute atomic E-state index is 0.0315. The predicted octanol–water partition coefficient (Wildman–Crippen LogP) is 1.87. The van der Waals surface area contributed by atoms with E-state index in [1.54, 1.807) is 18.2 Å².